The van der Waals surface area contributed by atoms with Crippen LogP contribution in [0.5, 0.6) is 5.75 Å². The molecule has 0 aliphatic carbocycles. The van der Waals surface area contributed by atoms with Gasteiger partial charge in [0.25, 0.3) is 15.0 Å². The van der Waals surface area contributed by atoms with Gasteiger partial charge in [-0.2, -0.15) is 0 Å². The molecule has 0 fully saturated rings. The minimum absolute atomic E-state index is 0.0519. The molecular weight excluding hydrogens is 358 g/mol. The molecular formula is C11H13BrClNO4S. The van der Waals surface area contributed by atoms with E-state index in [1.807, 2.05) is 6.92 Å². The Labute approximate surface area is 125 Å². The topological polar surface area (TPSA) is 63.7 Å². The fraction of sp³-hybridized carbons (Fsp3) is 0.364. The molecule has 0 saturated carbocycles. The van der Waals surface area contributed by atoms with Crippen LogP contribution < -0.4 is 4.74 Å². The molecule has 0 N–H and O–H groups in total. The lowest BCUT2D eigenvalue weighted by molar-refractivity contribution is -0.131. The van der Waals surface area contributed by atoms with Gasteiger partial charge in [0.15, 0.2) is 6.61 Å². The summed E-state index contributed by atoms with van der Waals surface area (Å²) >= 11 is 3.15. The minimum Gasteiger partial charge on any atom is -0.482 e. The first kappa shape index (κ1) is 16.3. The van der Waals surface area contributed by atoms with E-state index in [0.717, 1.165) is 0 Å². The number of carbonyl (C=O) groups excluding carboxylic acids is 1. The average molecular weight is 371 g/mol. The summed E-state index contributed by atoms with van der Waals surface area (Å²) in [4.78, 5) is 12.9. The predicted molar refractivity (Wildman–Crippen MR) is 76.0 cm³/mol. The van der Waals surface area contributed by atoms with E-state index in [0.29, 0.717) is 11.0 Å². The van der Waals surface area contributed by atoms with Gasteiger partial charge < -0.3 is 9.64 Å². The van der Waals surface area contributed by atoms with Gasteiger partial charge in [-0.1, -0.05) is 15.9 Å². The van der Waals surface area contributed by atoms with Crippen LogP contribution in [0.2, 0.25) is 0 Å². The van der Waals surface area contributed by atoms with E-state index in [9.17, 15) is 13.2 Å². The van der Waals surface area contributed by atoms with Crippen molar-refractivity contribution in [2.24, 2.45) is 0 Å². The maximum atomic E-state index is 11.6. The van der Waals surface area contributed by atoms with Crippen LogP contribution in [0.4, 0.5) is 0 Å². The molecule has 1 amide bonds. The summed E-state index contributed by atoms with van der Waals surface area (Å²) in [6.45, 7) is 2.13. The van der Waals surface area contributed by atoms with Crippen LogP contribution in [0.15, 0.2) is 27.6 Å². The molecule has 0 heterocycles. The number of carbonyl (C=O) groups is 1. The van der Waals surface area contributed by atoms with Gasteiger partial charge >= 0.3 is 0 Å². The van der Waals surface area contributed by atoms with Crippen LogP contribution in [0.25, 0.3) is 0 Å². The van der Waals surface area contributed by atoms with E-state index in [1.54, 1.807) is 13.1 Å². The number of nitrogens with zero attached hydrogens (tertiary/aromatic N) is 1. The molecule has 0 aliphatic rings. The van der Waals surface area contributed by atoms with E-state index in [2.05, 4.69) is 15.9 Å². The second-order valence-electron chi connectivity index (χ2n) is 3.73. The highest BCUT2D eigenvalue weighted by molar-refractivity contribution is 9.10. The van der Waals surface area contributed by atoms with Crippen molar-refractivity contribution in [1.82, 2.24) is 4.90 Å². The summed E-state index contributed by atoms with van der Waals surface area (Å²) in [7, 11) is 3.01. The SMILES string of the molecule is CCN(C)C(=O)COc1ccc(Br)cc1S(=O)(=O)Cl. The molecule has 0 unspecified atom stereocenters. The highest BCUT2D eigenvalue weighted by atomic mass is 79.9. The molecule has 106 valence electrons. The Morgan fingerprint density at radius 2 is 2.11 bits per heavy atom. The quantitative estimate of drug-likeness (QED) is 0.746. The lowest BCUT2D eigenvalue weighted by Crippen LogP contribution is -2.31. The Balaban J connectivity index is 2.94. The lowest BCUT2D eigenvalue weighted by Gasteiger charge is -2.15. The number of hydrogen-bond acceptors (Lipinski definition) is 4. The van der Waals surface area contributed by atoms with Crippen molar-refractivity contribution in [3.63, 3.8) is 0 Å². The van der Waals surface area contributed by atoms with E-state index in [-0.39, 0.29) is 23.2 Å². The molecule has 0 bridgehead atoms. The Bertz CT molecular complexity index is 576. The van der Waals surface area contributed by atoms with E-state index in [4.69, 9.17) is 15.4 Å². The van der Waals surface area contributed by atoms with Crippen LogP contribution in [0.1, 0.15) is 6.92 Å². The van der Waals surface area contributed by atoms with Crippen LogP contribution in [-0.4, -0.2) is 39.4 Å². The zero-order valence-electron chi connectivity index (χ0n) is 10.4. The van der Waals surface area contributed by atoms with Crippen molar-refractivity contribution in [3.05, 3.63) is 22.7 Å². The smallest absolute Gasteiger partial charge is 0.265 e. The van der Waals surface area contributed by atoms with Gasteiger partial charge in [0, 0.05) is 28.7 Å². The van der Waals surface area contributed by atoms with Gasteiger partial charge in [0.2, 0.25) is 0 Å². The van der Waals surface area contributed by atoms with E-state index in [1.165, 1.54) is 17.0 Å². The van der Waals surface area contributed by atoms with Crippen LogP contribution in [0, 0.1) is 0 Å². The molecule has 1 aromatic carbocycles. The van der Waals surface area contributed by atoms with Crippen molar-refractivity contribution in [2.45, 2.75) is 11.8 Å². The molecule has 0 aromatic heterocycles. The predicted octanol–water partition coefficient (Wildman–Crippen LogP) is 2.23. The molecule has 1 rings (SSSR count). The van der Waals surface area contributed by atoms with E-state index >= 15 is 0 Å². The molecule has 1 aromatic rings. The number of amides is 1. The first-order valence-electron chi connectivity index (χ1n) is 5.36. The summed E-state index contributed by atoms with van der Waals surface area (Å²) in [5.74, 6) is -0.195. The second kappa shape index (κ2) is 6.58. The van der Waals surface area contributed by atoms with Crippen molar-refractivity contribution < 1.29 is 17.9 Å². The van der Waals surface area contributed by atoms with Crippen LogP contribution in [0.3, 0.4) is 0 Å². The number of rotatable bonds is 5. The van der Waals surface area contributed by atoms with E-state index < -0.39 is 9.05 Å². The summed E-state index contributed by atoms with van der Waals surface area (Å²) in [5.41, 5.74) is 0. The third kappa shape index (κ3) is 4.67. The number of hydrogen-bond donors (Lipinski definition) is 0. The number of halogens is 2. The summed E-state index contributed by atoms with van der Waals surface area (Å²) < 4.78 is 28.6. The molecule has 0 atom stereocenters. The highest BCUT2D eigenvalue weighted by Crippen LogP contribution is 2.30. The number of benzene rings is 1. The fourth-order valence-electron chi connectivity index (χ4n) is 1.22. The first-order valence-corrected chi connectivity index (χ1v) is 8.47. The van der Waals surface area contributed by atoms with Crippen molar-refractivity contribution in [1.29, 1.82) is 0 Å². The molecule has 8 heteroatoms. The molecule has 0 aliphatic heterocycles. The zero-order valence-corrected chi connectivity index (χ0v) is 13.5. The molecule has 19 heavy (non-hydrogen) atoms. The second-order valence-corrected chi connectivity index (χ2v) is 7.18. The third-order valence-electron chi connectivity index (χ3n) is 2.42. The van der Waals surface area contributed by atoms with Crippen molar-refractivity contribution in [2.75, 3.05) is 20.2 Å². The number of ether oxygens (including phenoxy) is 1. The lowest BCUT2D eigenvalue weighted by atomic mass is 10.3. The monoisotopic (exact) mass is 369 g/mol. The third-order valence-corrected chi connectivity index (χ3v) is 4.26. The normalized spacial score (nSPS) is 11.2. The molecule has 0 saturated heterocycles. The Morgan fingerprint density at radius 1 is 1.47 bits per heavy atom. The van der Waals surface area contributed by atoms with Crippen LogP contribution >= 0.6 is 26.6 Å². The van der Waals surface area contributed by atoms with Gasteiger partial charge in [0.05, 0.1) is 0 Å². The summed E-state index contributed by atoms with van der Waals surface area (Å²) in [6, 6.07) is 4.37. The summed E-state index contributed by atoms with van der Waals surface area (Å²) in [6.07, 6.45) is 0. The highest BCUT2D eigenvalue weighted by Gasteiger charge is 2.18. The summed E-state index contributed by atoms with van der Waals surface area (Å²) in [5, 5.41) is 0. The standard InChI is InChI=1S/C11H13BrClNO4S/c1-3-14(2)11(15)7-18-9-5-4-8(12)6-10(9)19(13,16)17/h4-6H,3,7H2,1-2H3. The van der Waals surface area contributed by atoms with Gasteiger partial charge in [-0.25, -0.2) is 8.42 Å². The van der Waals surface area contributed by atoms with Crippen molar-refractivity contribution >= 4 is 41.6 Å². The molecule has 0 radical (unpaired) electrons. The Kier molecular flexibility index (Phi) is 5.64. The Morgan fingerprint density at radius 3 is 2.63 bits per heavy atom. The van der Waals surface area contributed by atoms with Gasteiger partial charge in [-0.3, -0.25) is 4.79 Å². The van der Waals surface area contributed by atoms with Crippen molar-refractivity contribution in [3.8, 4) is 5.75 Å². The minimum atomic E-state index is -3.94. The molecule has 0 spiro atoms. The van der Waals surface area contributed by atoms with Gasteiger partial charge in [0.1, 0.15) is 10.6 Å². The Hall–Kier alpha value is -0.790. The maximum Gasteiger partial charge on any atom is 0.265 e. The van der Waals surface area contributed by atoms with Gasteiger partial charge in [-0.05, 0) is 25.1 Å². The van der Waals surface area contributed by atoms with Gasteiger partial charge in [-0.15, -0.1) is 0 Å². The maximum absolute atomic E-state index is 11.6. The molecule has 5 nitrogen and oxygen atoms in total. The zero-order chi connectivity index (χ0) is 14.6. The average Bonchev–Trinajstić information content (AvgIpc) is 2.34. The largest absolute Gasteiger partial charge is 0.482 e. The first-order chi connectivity index (χ1) is 8.75. The number of likely N-dealkylation sites (N-methyl/N-ethyl adjacent to an activating group) is 1. The van der Waals surface area contributed by atoms with Crippen LogP contribution in [-0.2, 0) is 13.8 Å². The fourth-order valence-corrected chi connectivity index (χ4v) is 2.73.